The Morgan fingerprint density at radius 2 is 2.00 bits per heavy atom. The summed E-state index contributed by atoms with van der Waals surface area (Å²) in [5.74, 6) is 0.0413. The van der Waals surface area contributed by atoms with E-state index in [2.05, 4.69) is 4.98 Å². The van der Waals surface area contributed by atoms with Gasteiger partial charge in [0.05, 0.1) is 12.5 Å². The van der Waals surface area contributed by atoms with Gasteiger partial charge in [0.1, 0.15) is 11.2 Å². The van der Waals surface area contributed by atoms with Crippen LogP contribution in [-0.2, 0) is 0 Å². The summed E-state index contributed by atoms with van der Waals surface area (Å²) < 4.78 is 22.6. The van der Waals surface area contributed by atoms with Crippen LogP contribution in [0.3, 0.4) is 0 Å². The molecular formula is C19H25FN4O3. The van der Waals surface area contributed by atoms with E-state index in [0.717, 1.165) is 19.3 Å². The molecule has 1 aromatic carbocycles. The van der Waals surface area contributed by atoms with Crippen LogP contribution >= 0.6 is 0 Å². The number of H-pyrrole nitrogens is 1. The van der Waals surface area contributed by atoms with Gasteiger partial charge in [-0.2, -0.15) is 0 Å². The Balaban J connectivity index is 2.03. The molecule has 0 radical (unpaired) electrons. The van der Waals surface area contributed by atoms with E-state index in [1.165, 1.54) is 7.11 Å². The summed E-state index contributed by atoms with van der Waals surface area (Å²) in [7, 11) is 1.45. The summed E-state index contributed by atoms with van der Waals surface area (Å²) in [6.07, 6.45) is 2.57. The topological polar surface area (TPSA) is 93.3 Å². The third-order valence-corrected chi connectivity index (χ3v) is 5.89. The molecule has 4 rings (SSSR count). The van der Waals surface area contributed by atoms with Crippen molar-refractivity contribution in [3.8, 4) is 5.75 Å². The molecule has 0 unspecified atom stereocenters. The fourth-order valence-electron chi connectivity index (χ4n) is 4.20. The maximum Gasteiger partial charge on any atom is 0.329 e. The number of nitrogens with zero attached hydrogens (tertiary/aromatic N) is 2. The first-order valence-corrected chi connectivity index (χ1v) is 9.40. The number of aryl methyl sites for hydroxylation is 1. The third-order valence-electron chi connectivity index (χ3n) is 5.89. The lowest BCUT2D eigenvalue weighted by atomic mass is 10.0. The predicted octanol–water partition coefficient (Wildman–Crippen LogP) is 1.65. The fraction of sp³-hybridized carbons (Fsp3) is 0.579. The fourth-order valence-corrected chi connectivity index (χ4v) is 4.20. The predicted molar refractivity (Wildman–Crippen MR) is 102 cm³/mol. The van der Waals surface area contributed by atoms with Gasteiger partial charge in [-0.3, -0.25) is 14.3 Å². The van der Waals surface area contributed by atoms with Gasteiger partial charge in [0.2, 0.25) is 0 Å². The molecule has 2 fully saturated rings. The van der Waals surface area contributed by atoms with Crippen LogP contribution < -0.4 is 26.6 Å². The van der Waals surface area contributed by atoms with Crippen molar-refractivity contribution in [2.75, 3.05) is 25.1 Å². The van der Waals surface area contributed by atoms with Crippen molar-refractivity contribution in [2.45, 2.75) is 45.2 Å². The highest BCUT2D eigenvalue weighted by atomic mass is 19.1. The Kier molecular flexibility index (Phi) is 4.25. The second-order valence-corrected chi connectivity index (χ2v) is 7.76. The average molecular weight is 376 g/mol. The number of ether oxygens (including phenoxy) is 1. The molecule has 0 spiro atoms. The van der Waals surface area contributed by atoms with Crippen LogP contribution in [0.5, 0.6) is 5.75 Å². The Morgan fingerprint density at radius 1 is 1.30 bits per heavy atom. The van der Waals surface area contributed by atoms with Gasteiger partial charge in [-0.1, -0.05) is 0 Å². The summed E-state index contributed by atoms with van der Waals surface area (Å²) in [5.41, 5.74) is 5.94. The monoisotopic (exact) mass is 376 g/mol. The van der Waals surface area contributed by atoms with Crippen LogP contribution in [0, 0.1) is 18.7 Å². The lowest BCUT2D eigenvalue weighted by Crippen LogP contribution is -2.32. The zero-order valence-corrected chi connectivity index (χ0v) is 15.8. The van der Waals surface area contributed by atoms with E-state index in [0.29, 0.717) is 24.3 Å². The number of fused-ring (bicyclic) bond motifs is 1. The molecule has 1 saturated heterocycles. The third kappa shape index (κ3) is 2.74. The zero-order chi connectivity index (χ0) is 19.5. The van der Waals surface area contributed by atoms with Crippen LogP contribution in [0.4, 0.5) is 10.1 Å². The van der Waals surface area contributed by atoms with E-state index in [4.69, 9.17) is 10.5 Å². The largest absolute Gasteiger partial charge is 0.492 e. The van der Waals surface area contributed by atoms with Crippen molar-refractivity contribution in [3.63, 3.8) is 0 Å². The molecule has 2 aromatic rings. The second-order valence-electron chi connectivity index (χ2n) is 7.76. The lowest BCUT2D eigenvalue weighted by molar-refractivity contribution is 0.412. The molecule has 1 aliphatic heterocycles. The van der Waals surface area contributed by atoms with Crippen molar-refractivity contribution in [1.82, 2.24) is 9.55 Å². The Bertz CT molecular complexity index is 1020. The molecule has 1 aromatic heterocycles. The number of rotatable bonds is 4. The number of nitrogens with two attached hydrogens (primary N) is 1. The molecule has 2 heterocycles. The number of hydrogen-bond acceptors (Lipinski definition) is 5. The first-order valence-electron chi connectivity index (χ1n) is 9.40. The summed E-state index contributed by atoms with van der Waals surface area (Å²) in [5, 5.41) is 0.183. The first-order chi connectivity index (χ1) is 12.8. The van der Waals surface area contributed by atoms with Crippen LogP contribution in [0.15, 0.2) is 9.59 Å². The molecule has 8 heteroatoms. The number of aromatic amines is 1. The van der Waals surface area contributed by atoms with E-state index in [1.807, 2.05) is 11.8 Å². The van der Waals surface area contributed by atoms with Gasteiger partial charge in [0.25, 0.3) is 5.56 Å². The van der Waals surface area contributed by atoms with E-state index < -0.39 is 17.1 Å². The highest BCUT2D eigenvalue weighted by molar-refractivity contribution is 5.93. The summed E-state index contributed by atoms with van der Waals surface area (Å²) in [6, 6.07) is 0.0250. The lowest BCUT2D eigenvalue weighted by Gasteiger charge is -2.26. The first kappa shape index (κ1) is 18.0. The molecule has 1 saturated carbocycles. The maximum absolute atomic E-state index is 15.4. The highest BCUT2D eigenvalue weighted by Gasteiger charge is 2.35. The van der Waals surface area contributed by atoms with Crippen molar-refractivity contribution in [1.29, 1.82) is 0 Å². The SMILES string of the molecule is COc1c(N2CC[C@@H]([C@H](C)N)C2)c(F)c(C)c2c(=O)[nH]c(=O)n(C3CC3)c12. The molecule has 27 heavy (non-hydrogen) atoms. The minimum atomic E-state index is -0.581. The second kappa shape index (κ2) is 6.37. The van der Waals surface area contributed by atoms with E-state index in [-0.39, 0.29) is 34.7 Å². The Hall–Kier alpha value is -2.35. The van der Waals surface area contributed by atoms with E-state index in [9.17, 15) is 9.59 Å². The number of methoxy groups -OCH3 is 1. The van der Waals surface area contributed by atoms with Gasteiger partial charge in [-0.25, -0.2) is 9.18 Å². The molecule has 1 aliphatic carbocycles. The minimum absolute atomic E-state index is 0.0121. The van der Waals surface area contributed by atoms with Gasteiger partial charge < -0.3 is 15.4 Å². The normalized spacial score (nSPS) is 21.1. The van der Waals surface area contributed by atoms with Gasteiger partial charge >= 0.3 is 5.69 Å². The number of benzene rings is 1. The zero-order valence-electron chi connectivity index (χ0n) is 15.8. The van der Waals surface area contributed by atoms with Gasteiger partial charge in [-0.15, -0.1) is 0 Å². The number of hydrogen-bond donors (Lipinski definition) is 2. The molecule has 2 aliphatic rings. The Labute approximate surface area is 155 Å². The van der Waals surface area contributed by atoms with Crippen molar-refractivity contribution < 1.29 is 9.13 Å². The van der Waals surface area contributed by atoms with Gasteiger partial charge in [0, 0.05) is 30.7 Å². The summed E-state index contributed by atoms with van der Waals surface area (Å²) in [6.45, 7) is 4.81. The van der Waals surface area contributed by atoms with Crippen molar-refractivity contribution in [2.24, 2.45) is 11.7 Å². The van der Waals surface area contributed by atoms with Crippen LogP contribution in [0.2, 0.25) is 0 Å². The molecule has 0 amide bonds. The molecular weight excluding hydrogens is 351 g/mol. The number of anilines is 1. The molecule has 3 N–H and O–H groups in total. The molecule has 2 atom stereocenters. The van der Waals surface area contributed by atoms with Gasteiger partial charge in [0.15, 0.2) is 11.6 Å². The minimum Gasteiger partial charge on any atom is -0.492 e. The summed E-state index contributed by atoms with van der Waals surface area (Å²) >= 11 is 0. The molecule has 146 valence electrons. The summed E-state index contributed by atoms with van der Waals surface area (Å²) in [4.78, 5) is 29.3. The standard InChI is InChI=1S/C19H25FN4O3/c1-9-13-15(24(12-4-5-12)19(26)22-18(13)25)17(27-3)16(14(9)20)23-7-6-11(8-23)10(2)21/h10-12H,4-8,21H2,1-3H3,(H,22,25,26)/t10-,11+/m0/s1. The number of aromatic nitrogens is 2. The van der Waals surface area contributed by atoms with Crippen LogP contribution in [0.25, 0.3) is 10.9 Å². The number of halogens is 1. The van der Waals surface area contributed by atoms with Crippen LogP contribution in [0.1, 0.15) is 37.8 Å². The number of nitrogens with one attached hydrogen (secondary N) is 1. The van der Waals surface area contributed by atoms with Gasteiger partial charge in [-0.05, 0) is 39.0 Å². The smallest absolute Gasteiger partial charge is 0.329 e. The quantitative estimate of drug-likeness (QED) is 0.846. The van der Waals surface area contributed by atoms with E-state index >= 15 is 4.39 Å². The highest BCUT2D eigenvalue weighted by Crippen LogP contribution is 2.44. The average Bonchev–Trinajstić information content (AvgIpc) is 3.32. The van der Waals surface area contributed by atoms with E-state index in [1.54, 1.807) is 11.5 Å². The molecule has 0 bridgehead atoms. The van der Waals surface area contributed by atoms with Crippen molar-refractivity contribution >= 4 is 16.6 Å². The van der Waals surface area contributed by atoms with Crippen LogP contribution in [-0.4, -0.2) is 35.8 Å². The Morgan fingerprint density at radius 3 is 2.56 bits per heavy atom. The van der Waals surface area contributed by atoms with Crippen molar-refractivity contribution in [3.05, 3.63) is 32.2 Å². The maximum atomic E-state index is 15.4. The molecule has 7 nitrogen and oxygen atoms in total.